The molecule has 0 saturated heterocycles. The maximum Gasteiger partial charge on any atom is 0.269 e. The van der Waals surface area contributed by atoms with Gasteiger partial charge in [-0.3, -0.25) is 14.9 Å². The Balaban J connectivity index is 2.20. The Morgan fingerprint density at radius 2 is 1.91 bits per heavy atom. The number of nitrogens with one attached hydrogen (secondary N) is 2. The minimum absolute atomic E-state index is 0.0242. The van der Waals surface area contributed by atoms with Gasteiger partial charge in [-0.15, -0.1) is 4.83 Å². The molecule has 0 atom stereocenters. The van der Waals surface area contributed by atoms with Crippen molar-refractivity contribution in [3.05, 3.63) is 47.0 Å². The van der Waals surface area contributed by atoms with Crippen LogP contribution in [0.3, 0.4) is 0 Å². The molecule has 0 bridgehead atoms. The summed E-state index contributed by atoms with van der Waals surface area (Å²) < 4.78 is 39.4. The molecular weight excluding hydrogens is 311 g/mol. The minimum Gasteiger partial charge on any atom is -0.273 e. The van der Waals surface area contributed by atoms with Crippen molar-refractivity contribution in [2.45, 2.75) is 18.7 Å². The van der Waals surface area contributed by atoms with Crippen molar-refractivity contribution in [2.75, 3.05) is 0 Å². The van der Waals surface area contributed by atoms with Crippen LogP contribution in [0.5, 0.6) is 0 Å². The maximum absolute atomic E-state index is 13.5. The van der Waals surface area contributed by atoms with Crippen LogP contribution in [0, 0.1) is 19.7 Å². The van der Waals surface area contributed by atoms with E-state index < -0.39 is 21.7 Å². The summed E-state index contributed by atoms with van der Waals surface area (Å²) in [5, 5.41) is 4.00. The number of sulfonamides is 1. The lowest BCUT2D eigenvalue weighted by atomic mass is 10.2. The highest BCUT2D eigenvalue weighted by Crippen LogP contribution is 2.17. The molecule has 2 rings (SSSR count). The lowest BCUT2D eigenvalue weighted by Crippen LogP contribution is -2.42. The maximum atomic E-state index is 13.5. The largest absolute Gasteiger partial charge is 0.273 e. The Morgan fingerprint density at radius 3 is 2.45 bits per heavy atom. The highest BCUT2D eigenvalue weighted by molar-refractivity contribution is 7.89. The second kappa shape index (κ2) is 5.85. The summed E-state index contributed by atoms with van der Waals surface area (Å²) in [5.41, 5.74) is 2.45. The van der Waals surface area contributed by atoms with E-state index in [2.05, 4.69) is 5.10 Å². The van der Waals surface area contributed by atoms with E-state index in [0.29, 0.717) is 11.4 Å². The first kappa shape index (κ1) is 16.1. The molecule has 0 aliphatic heterocycles. The summed E-state index contributed by atoms with van der Waals surface area (Å²) in [7, 11) is -2.39. The van der Waals surface area contributed by atoms with Gasteiger partial charge in [0.05, 0.1) is 17.0 Å². The second-order valence-corrected chi connectivity index (χ2v) is 6.28. The number of benzene rings is 1. The van der Waals surface area contributed by atoms with Crippen LogP contribution in [-0.4, -0.2) is 24.1 Å². The average Bonchev–Trinajstić information content (AvgIpc) is 2.70. The van der Waals surface area contributed by atoms with Gasteiger partial charge in [-0.25, -0.2) is 12.8 Å². The average molecular weight is 326 g/mol. The van der Waals surface area contributed by atoms with Gasteiger partial charge in [0.1, 0.15) is 10.7 Å². The quantitative estimate of drug-likeness (QED) is 0.813. The van der Waals surface area contributed by atoms with Crippen molar-refractivity contribution in [3.8, 4) is 0 Å². The summed E-state index contributed by atoms with van der Waals surface area (Å²) in [6.45, 7) is 3.13. The van der Waals surface area contributed by atoms with Gasteiger partial charge in [-0.1, -0.05) is 12.1 Å². The lowest BCUT2D eigenvalue weighted by Gasteiger charge is -2.09. The van der Waals surface area contributed by atoms with Crippen LogP contribution in [-0.2, 0) is 17.1 Å². The predicted octanol–water partition coefficient (Wildman–Crippen LogP) is 0.799. The predicted molar refractivity (Wildman–Crippen MR) is 76.9 cm³/mol. The number of amides is 1. The first-order valence-corrected chi connectivity index (χ1v) is 7.79. The Labute approximate surface area is 127 Å². The van der Waals surface area contributed by atoms with Crippen molar-refractivity contribution >= 4 is 15.9 Å². The van der Waals surface area contributed by atoms with Gasteiger partial charge in [0, 0.05) is 7.05 Å². The Morgan fingerprint density at radius 1 is 1.27 bits per heavy atom. The molecule has 0 aliphatic carbocycles. The molecule has 2 aromatic rings. The third-order valence-corrected chi connectivity index (χ3v) is 4.63. The second-order valence-electron chi connectivity index (χ2n) is 4.66. The van der Waals surface area contributed by atoms with E-state index in [4.69, 9.17) is 0 Å². The van der Waals surface area contributed by atoms with E-state index in [9.17, 15) is 17.6 Å². The van der Waals surface area contributed by atoms with Gasteiger partial charge in [-0.2, -0.15) is 5.10 Å². The third kappa shape index (κ3) is 3.00. The molecule has 1 aromatic heterocycles. The zero-order chi connectivity index (χ0) is 16.5. The molecular formula is C13H15FN4O3S. The van der Waals surface area contributed by atoms with Crippen molar-refractivity contribution in [3.63, 3.8) is 0 Å². The van der Waals surface area contributed by atoms with E-state index in [1.165, 1.54) is 22.9 Å². The number of nitrogens with zero attached hydrogens (tertiary/aromatic N) is 2. The molecule has 0 fully saturated rings. The smallest absolute Gasteiger partial charge is 0.269 e. The Kier molecular flexibility index (Phi) is 4.29. The number of rotatable bonds is 4. The molecule has 0 aliphatic rings. The van der Waals surface area contributed by atoms with Gasteiger partial charge in [0.2, 0.25) is 0 Å². The van der Waals surface area contributed by atoms with E-state index in [1.807, 2.05) is 10.3 Å². The van der Waals surface area contributed by atoms with Gasteiger partial charge in [-0.05, 0) is 26.0 Å². The van der Waals surface area contributed by atoms with Crippen LogP contribution in [0.1, 0.15) is 21.7 Å². The number of aromatic nitrogens is 2. The summed E-state index contributed by atoms with van der Waals surface area (Å²) in [6.07, 6.45) is 0. The SMILES string of the molecule is Cc1nn(C)c(C)c1S(=O)(=O)NNC(=O)c1ccccc1F. The van der Waals surface area contributed by atoms with Crippen LogP contribution < -0.4 is 10.3 Å². The molecule has 22 heavy (non-hydrogen) atoms. The summed E-state index contributed by atoms with van der Waals surface area (Å²) in [5.74, 6) is -1.63. The van der Waals surface area contributed by atoms with Gasteiger partial charge in [0.25, 0.3) is 15.9 Å². The zero-order valence-corrected chi connectivity index (χ0v) is 13.0. The Bertz CT molecular complexity index is 830. The summed E-state index contributed by atoms with van der Waals surface area (Å²) >= 11 is 0. The lowest BCUT2D eigenvalue weighted by molar-refractivity contribution is 0.0941. The fourth-order valence-electron chi connectivity index (χ4n) is 2.02. The standard InChI is InChI=1S/C13H15FN4O3S/c1-8-12(9(2)18(3)16-8)22(20,21)17-15-13(19)10-6-4-5-7-11(10)14/h4-7,17H,1-3H3,(H,15,19). The number of hydrogen-bond donors (Lipinski definition) is 2. The third-order valence-electron chi connectivity index (χ3n) is 3.13. The van der Waals surface area contributed by atoms with Crippen molar-refractivity contribution < 1.29 is 17.6 Å². The van der Waals surface area contributed by atoms with Crippen LogP contribution in [0.25, 0.3) is 0 Å². The fourth-order valence-corrected chi connectivity index (χ4v) is 3.30. The van der Waals surface area contributed by atoms with E-state index in [-0.39, 0.29) is 10.5 Å². The van der Waals surface area contributed by atoms with Gasteiger partial charge < -0.3 is 0 Å². The van der Waals surface area contributed by atoms with E-state index in [0.717, 1.165) is 6.07 Å². The van der Waals surface area contributed by atoms with E-state index in [1.54, 1.807) is 20.9 Å². The molecule has 9 heteroatoms. The highest BCUT2D eigenvalue weighted by atomic mass is 32.2. The Hall–Kier alpha value is -2.26. The molecule has 0 spiro atoms. The highest BCUT2D eigenvalue weighted by Gasteiger charge is 2.24. The van der Waals surface area contributed by atoms with Crippen molar-refractivity contribution in [2.24, 2.45) is 7.05 Å². The van der Waals surface area contributed by atoms with Crippen molar-refractivity contribution in [1.29, 1.82) is 0 Å². The van der Waals surface area contributed by atoms with E-state index >= 15 is 0 Å². The monoisotopic (exact) mass is 326 g/mol. The number of hydrogen-bond acceptors (Lipinski definition) is 4. The first-order valence-electron chi connectivity index (χ1n) is 6.31. The number of halogens is 1. The van der Waals surface area contributed by atoms with Crippen molar-refractivity contribution in [1.82, 2.24) is 20.0 Å². The molecule has 118 valence electrons. The number of carbonyl (C=O) groups excluding carboxylic acids is 1. The number of hydrazine groups is 1. The number of aryl methyl sites for hydroxylation is 2. The molecule has 2 N–H and O–H groups in total. The molecule has 0 unspecified atom stereocenters. The molecule has 0 radical (unpaired) electrons. The van der Waals surface area contributed by atoms with Crippen LogP contribution in [0.15, 0.2) is 29.2 Å². The molecule has 1 aromatic carbocycles. The minimum atomic E-state index is -4.00. The zero-order valence-electron chi connectivity index (χ0n) is 12.2. The van der Waals surface area contributed by atoms with Gasteiger partial charge >= 0.3 is 0 Å². The summed E-state index contributed by atoms with van der Waals surface area (Å²) in [4.78, 5) is 13.7. The normalized spacial score (nSPS) is 11.5. The molecule has 1 heterocycles. The fraction of sp³-hybridized carbons (Fsp3) is 0.231. The topological polar surface area (TPSA) is 93.1 Å². The molecule has 0 saturated carbocycles. The van der Waals surface area contributed by atoms with Gasteiger partial charge in [0.15, 0.2) is 0 Å². The van der Waals surface area contributed by atoms with Crippen LogP contribution >= 0.6 is 0 Å². The van der Waals surface area contributed by atoms with Crippen LogP contribution in [0.2, 0.25) is 0 Å². The summed E-state index contributed by atoms with van der Waals surface area (Å²) in [6, 6.07) is 5.26. The molecule has 1 amide bonds. The van der Waals surface area contributed by atoms with Crippen LogP contribution in [0.4, 0.5) is 4.39 Å². The molecule has 7 nitrogen and oxygen atoms in total. The number of carbonyl (C=O) groups is 1. The first-order chi connectivity index (χ1) is 10.2.